The van der Waals surface area contributed by atoms with Gasteiger partial charge in [0.15, 0.2) is 0 Å². The predicted molar refractivity (Wildman–Crippen MR) is 71.6 cm³/mol. The first kappa shape index (κ1) is 14.0. The van der Waals surface area contributed by atoms with Gasteiger partial charge in [0.2, 0.25) is 0 Å². The van der Waals surface area contributed by atoms with Crippen LogP contribution in [0.5, 0.6) is 0 Å². The van der Waals surface area contributed by atoms with Crippen LogP contribution in [0, 0.1) is 10.1 Å². The number of furan rings is 1. The molecule has 0 amide bonds. The zero-order valence-electron chi connectivity index (χ0n) is 10.6. The maximum absolute atomic E-state index is 10.2. The summed E-state index contributed by atoms with van der Waals surface area (Å²) in [5.41, 5.74) is 0. The molecular formula is C12H19GeNO3. The molecule has 1 heterocycles. The zero-order valence-corrected chi connectivity index (χ0v) is 12.7. The van der Waals surface area contributed by atoms with Gasteiger partial charge >= 0.3 is 104 Å². The molecule has 1 rings (SSSR count). The van der Waals surface area contributed by atoms with Crippen LogP contribution in [0.4, 0.5) is 0 Å². The SMILES string of the molecule is C[CH2][Ge]([CH2]C)([CH2]C)[c]1ccc(/C=C/[N+](=O)[O-])o1. The Morgan fingerprint density at radius 1 is 1.29 bits per heavy atom. The monoisotopic (exact) mass is 299 g/mol. The van der Waals surface area contributed by atoms with E-state index in [0.717, 1.165) is 10.8 Å². The summed E-state index contributed by atoms with van der Waals surface area (Å²) < 4.78 is 6.88. The Bertz CT molecular complexity index is 399. The van der Waals surface area contributed by atoms with Gasteiger partial charge in [-0.25, -0.2) is 0 Å². The molecule has 0 fully saturated rings. The average molecular weight is 298 g/mol. The van der Waals surface area contributed by atoms with Crippen molar-refractivity contribution in [1.82, 2.24) is 0 Å². The van der Waals surface area contributed by atoms with E-state index in [9.17, 15) is 10.1 Å². The molecule has 0 aliphatic carbocycles. The molecule has 0 saturated carbocycles. The van der Waals surface area contributed by atoms with Crippen LogP contribution in [0.25, 0.3) is 6.08 Å². The number of rotatable bonds is 6. The first-order chi connectivity index (χ1) is 8.07. The van der Waals surface area contributed by atoms with Crippen molar-refractivity contribution in [2.24, 2.45) is 0 Å². The van der Waals surface area contributed by atoms with Crippen molar-refractivity contribution in [2.45, 2.75) is 36.5 Å². The number of hydrogen-bond donors (Lipinski definition) is 0. The molecule has 17 heavy (non-hydrogen) atoms. The Hall–Kier alpha value is -1.04. The van der Waals surface area contributed by atoms with Gasteiger partial charge in [0.25, 0.3) is 0 Å². The molecule has 0 saturated heterocycles. The summed E-state index contributed by atoms with van der Waals surface area (Å²) >= 11 is -2.04. The molecule has 0 bridgehead atoms. The molecule has 0 aliphatic rings. The van der Waals surface area contributed by atoms with Gasteiger partial charge in [-0.3, -0.25) is 0 Å². The van der Waals surface area contributed by atoms with Crippen molar-refractivity contribution < 1.29 is 9.34 Å². The molecule has 0 N–H and O–H groups in total. The van der Waals surface area contributed by atoms with Crippen molar-refractivity contribution in [3.63, 3.8) is 0 Å². The third kappa shape index (κ3) is 3.22. The molecule has 0 radical (unpaired) electrons. The summed E-state index contributed by atoms with van der Waals surface area (Å²) in [4.78, 5) is 9.76. The first-order valence-corrected chi connectivity index (χ1v) is 11.5. The molecular weight excluding hydrogens is 279 g/mol. The van der Waals surface area contributed by atoms with E-state index in [0.29, 0.717) is 5.76 Å². The van der Waals surface area contributed by atoms with Gasteiger partial charge in [-0.05, 0) is 0 Å². The summed E-state index contributed by atoms with van der Waals surface area (Å²) in [6.45, 7) is 6.67. The van der Waals surface area contributed by atoms with Crippen LogP contribution in [0.1, 0.15) is 26.5 Å². The normalized spacial score (nSPS) is 12.2. The molecule has 0 aliphatic heterocycles. The zero-order chi connectivity index (χ0) is 12.9. The quantitative estimate of drug-likeness (QED) is 0.460. The Labute approximate surface area is 104 Å². The first-order valence-electron chi connectivity index (χ1n) is 6.00. The third-order valence-corrected chi connectivity index (χ3v) is 14.8. The average Bonchev–Trinajstić information content (AvgIpc) is 2.79. The van der Waals surface area contributed by atoms with Gasteiger partial charge in [-0.1, -0.05) is 0 Å². The van der Waals surface area contributed by atoms with Crippen molar-refractivity contribution >= 4 is 23.9 Å². The van der Waals surface area contributed by atoms with E-state index >= 15 is 0 Å². The second kappa shape index (κ2) is 6.05. The molecule has 1 aromatic heterocycles. The van der Waals surface area contributed by atoms with Gasteiger partial charge in [-0.2, -0.15) is 0 Å². The molecule has 5 heteroatoms. The summed E-state index contributed by atoms with van der Waals surface area (Å²) in [6, 6.07) is 3.84. The van der Waals surface area contributed by atoms with Crippen molar-refractivity contribution in [3.05, 3.63) is 34.2 Å². The van der Waals surface area contributed by atoms with Gasteiger partial charge in [0, 0.05) is 0 Å². The maximum atomic E-state index is 10.2. The number of nitro groups is 1. The van der Waals surface area contributed by atoms with Crippen LogP contribution >= 0.6 is 0 Å². The van der Waals surface area contributed by atoms with Crippen molar-refractivity contribution in [3.8, 4) is 0 Å². The molecule has 94 valence electrons. The number of hydrogen-bond acceptors (Lipinski definition) is 3. The van der Waals surface area contributed by atoms with E-state index in [4.69, 9.17) is 4.42 Å². The van der Waals surface area contributed by atoms with E-state index in [-0.39, 0.29) is 0 Å². The fraction of sp³-hybridized carbons (Fsp3) is 0.500. The Balaban J connectivity index is 2.96. The van der Waals surface area contributed by atoms with Crippen LogP contribution in [0.2, 0.25) is 15.8 Å². The minimum absolute atomic E-state index is 0.476. The summed E-state index contributed by atoms with van der Waals surface area (Å²) in [7, 11) is 0. The second-order valence-electron chi connectivity index (χ2n) is 4.14. The van der Waals surface area contributed by atoms with Crippen LogP contribution < -0.4 is 4.59 Å². The molecule has 4 nitrogen and oxygen atoms in total. The van der Waals surface area contributed by atoms with Gasteiger partial charge in [0.1, 0.15) is 0 Å². The van der Waals surface area contributed by atoms with E-state index in [1.807, 2.05) is 12.1 Å². The van der Waals surface area contributed by atoms with Crippen molar-refractivity contribution in [1.29, 1.82) is 0 Å². The molecule has 0 unspecified atom stereocenters. The van der Waals surface area contributed by atoms with Crippen LogP contribution in [-0.4, -0.2) is 18.2 Å². The van der Waals surface area contributed by atoms with Crippen LogP contribution in [0.3, 0.4) is 0 Å². The van der Waals surface area contributed by atoms with Gasteiger partial charge in [0.05, 0.1) is 0 Å². The van der Waals surface area contributed by atoms with E-state index in [2.05, 4.69) is 20.8 Å². The van der Waals surface area contributed by atoms with E-state index in [1.165, 1.54) is 21.8 Å². The van der Waals surface area contributed by atoms with Gasteiger partial charge < -0.3 is 0 Å². The fourth-order valence-electron chi connectivity index (χ4n) is 2.13. The second-order valence-corrected chi connectivity index (χ2v) is 15.0. The predicted octanol–water partition coefficient (Wildman–Crippen LogP) is 3.24. The fourth-order valence-corrected chi connectivity index (χ4v) is 9.09. The molecule has 0 spiro atoms. The molecule has 0 aromatic carbocycles. The van der Waals surface area contributed by atoms with Crippen LogP contribution in [0.15, 0.2) is 22.7 Å². The topological polar surface area (TPSA) is 56.3 Å². The Morgan fingerprint density at radius 3 is 2.35 bits per heavy atom. The standard InChI is InChI=1S/C12H19GeNO3/c1-4-13(5-2,6-3)12-8-7-11(17-12)9-10-14(15)16/h7-10H,4-6H2,1-3H3/b10-9+. The van der Waals surface area contributed by atoms with Gasteiger partial charge in [-0.15, -0.1) is 0 Å². The minimum atomic E-state index is -2.04. The van der Waals surface area contributed by atoms with Crippen molar-refractivity contribution in [2.75, 3.05) is 0 Å². The van der Waals surface area contributed by atoms with E-state index in [1.54, 1.807) is 0 Å². The summed E-state index contributed by atoms with van der Waals surface area (Å²) in [6.07, 6.45) is 2.33. The summed E-state index contributed by atoms with van der Waals surface area (Å²) in [5.74, 6) is 0.585. The Kier molecular flexibility index (Phi) is 4.99. The van der Waals surface area contributed by atoms with E-state index < -0.39 is 18.2 Å². The van der Waals surface area contributed by atoms with Crippen LogP contribution in [-0.2, 0) is 0 Å². The molecule has 0 atom stereocenters. The molecule has 1 aromatic rings. The Morgan fingerprint density at radius 2 is 1.88 bits per heavy atom. The number of nitrogens with zero attached hydrogens (tertiary/aromatic N) is 1. The summed E-state index contributed by atoms with van der Waals surface area (Å²) in [5, 5.41) is 13.8. The third-order valence-electron chi connectivity index (χ3n) is 3.54.